The molecule has 0 bridgehead atoms. The molecule has 3 N–H and O–H groups in total. The van der Waals surface area contributed by atoms with Crippen LogP contribution in [0.25, 0.3) is 0 Å². The van der Waals surface area contributed by atoms with Gasteiger partial charge in [0.2, 0.25) is 5.95 Å². The second-order valence-corrected chi connectivity index (χ2v) is 2.35. The van der Waals surface area contributed by atoms with Gasteiger partial charge >= 0.3 is 0 Å². The minimum absolute atomic E-state index is 0.0485. The first-order chi connectivity index (χ1) is 5.75. The summed E-state index contributed by atoms with van der Waals surface area (Å²) >= 11 is 0. The van der Waals surface area contributed by atoms with Crippen LogP contribution in [0.1, 0.15) is 13.3 Å². The van der Waals surface area contributed by atoms with E-state index < -0.39 is 0 Å². The maximum Gasteiger partial charge on any atom is 0.236 e. The highest BCUT2D eigenvalue weighted by Crippen LogP contribution is 1.85. The molecule has 0 saturated heterocycles. The van der Waals surface area contributed by atoms with Crippen molar-refractivity contribution in [2.45, 2.75) is 13.3 Å². The Labute approximate surface area is 70.2 Å². The number of hydrogen-bond donors (Lipinski definition) is 2. The SMILES string of the molecule is CCCN=c1ccnc(N)n1O. The summed E-state index contributed by atoms with van der Waals surface area (Å²) in [6, 6.07) is 1.60. The van der Waals surface area contributed by atoms with Crippen molar-refractivity contribution < 1.29 is 5.21 Å². The smallest absolute Gasteiger partial charge is 0.236 e. The lowest BCUT2D eigenvalue weighted by Crippen LogP contribution is -2.22. The lowest BCUT2D eigenvalue weighted by molar-refractivity contribution is 0.175. The fourth-order valence-electron chi connectivity index (χ4n) is 0.769. The normalized spacial score (nSPS) is 11.9. The van der Waals surface area contributed by atoms with Crippen molar-refractivity contribution in [2.24, 2.45) is 4.99 Å². The molecule has 1 rings (SSSR count). The molecule has 1 aromatic heterocycles. The molecule has 66 valence electrons. The fourth-order valence-corrected chi connectivity index (χ4v) is 0.769. The van der Waals surface area contributed by atoms with Crippen molar-refractivity contribution in [2.75, 3.05) is 12.3 Å². The molecule has 0 fully saturated rings. The van der Waals surface area contributed by atoms with E-state index in [0.29, 0.717) is 12.0 Å². The summed E-state index contributed by atoms with van der Waals surface area (Å²) in [5.74, 6) is 0.0485. The molecule has 5 nitrogen and oxygen atoms in total. The van der Waals surface area contributed by atoms with Gasteiger partial charge < -0.3 is 10.9 Å². The van der Waals surface area contributed by atoms with E-state index in [9.17, 15) is 5.21 Å². The quantitative estimate of drug-likeness (QED) is 0.611. The second kappa shape index (κ2) is 3.75. The molecule has 0 amide bonds. The van der Waals surface area contributed by atoms with Gasteiger partial charge in [0.1, 0.15) is 0 Å². The Morgan fingerprint density at radius 1 is 1.75 bits per heavy atom. The van der Waals surface area contributed by atoms with Gasteiger partial charge in [-0.15, -0.1) is 4.73 Å². The molecule has 12 heavy (non-hydrogen) atoms. The van der Waals surface area contributed by atoms with E-state index in [2.05, 4.69) is 9.98 Å². The average Bonchev–Trinajstić information content (AvgIpc) is 2.08. The summed E-state index contributed by atoms with van der Waals surface area (Å²) in [5.41, 5.74) is 5.77. The van der Waals surface area contributed by atoms with Crippen molar-refractivity contribution in [1.82, 2.24) is 9.71 Å². The molecule has 0 aliphatic heterocycles. The molecule has 1 aromatic rings. The van der Waals surface area contributed by atoms with Crippen LogP contribution < -0.4 is 11.2 Å². The van der Waals surface area contributed by atoms with Gasteiger partial charge in [0.25, 0.3) is 0 Å². The minimum atomic E-state index is 0.0485. The van der Waals surface area contributed by atoms with E-state index in [1.54, 1.807) is 6.07 Å². The number of anilines is 1. The Morgan fingerprint density at radius 2 is 2.50 bits per heavy atom. The number of nitrogens with two attached hydrogens (primary N) is 1. The predicted molar refractivity (Wildman–Crippen MR) is 44.5 cm³/mol. The Kier molecular flexibility index (Phi) is 2.68. The highest BCUT2D eigenvalue weighted by Gasteiger charge is 1.93. The van der Waals surface area contributed by atoms with E-state index >= 15 is 0 Å². The molecule has 1 heterocycles. The van der Waals surface area contributed by atoms with Gasteiger partial charge in [-0.05, 0) is 6.42 Å². The summed E-state index contributed by atoms with van der Waals surface area (Å²) in [7, 11) is 0. The van der Waals surface area contributed by atoms with Crippen molar-refractivity contribution in [1.29, 1.82) is 0 Å². The number of hydrogen-bond acceptors (Lipinski definition) is 4. The molecular formula is C7H12N4O. The van der Waals surface area contributed by atoms with E-state index in [0.717, 1.165) is 11.2 Å². The van der Waals surface area contributed by atoms with Gasteiger partial charge in [-0.1, -0.05) is 6.92 Å². The van der Waals surface area contributed by atoms with Gasteiger partial charge in [0.05, 0.1) is 0 Å². The molecule has 0 aromatic carbocycles. The summed E-state index contributed by atoms with van der Waals surface area (Å²) in [6.45, 7) is 2.68. The zero-order chi connectivity index (χ0) is 8.97. The molecule has 0 atom stereocenters. The predicted octanol–water partition coefficient (Wildman–Crippen LogP) is 0.0133. The van der Waals surface area contributed by atoms with E-state index in [-0.39, 0.29) is 5.95 Å². The maximum absolute atomic E-state index is 9.26. The van der Waals surface area contributed by atoms with Crippen LogP contribution >= 0.6 is 0 Å². The Hall–Kier alpha value is -1.52. The van der Waals surface area contributed by atoms with Gasteiger partial charge in [-0.3, -0.25) is 4.99 Å². The summed E-state index contributed by atoms with van der Waals surface area (Å²) in [4.78, 5) is 7.76. The van der Waals surface area contributed by atoms with Crippen molar-refractivity contribution >= 4 is 5.95 Å². The molecule has 0 saturated carbocycles. The molecule has 0 radical (unpaired) electrons. The molecule has 0 aliphatic rings. The summed E-state index contributed by atoms with van der Waals surface area (Å²) in [6.07, 6.45) is 2.44. The third-order valence-corrected chi connectivity index (χ3v) is 1.36. The highest BCUT2D eigenvalue weighted by atomic mass is 16.5. The minimum Gasteiger partial charge on any atom is -0.423 e. The van der Waals surface area contributed by atoms with Crippen LogP contribution in [0.4, 0.5) is 5.95 Å². The maximum atomic E-state index is 9.26. The first kappa shape index (κ1) is 8.58. The monoisotopic (exact) mass is 168 g/mol. The molecule has 0 unspecified atom stereocenters. The zero-order valence-corrected chi connectivity index (χ0v) is 6.94. The Bertz CT molecular complexity index is 317. The zero-order valence-electron chi connectivity index (χ0n) is 6.94. The molecule has 5 heteroatoms. The highest BCUT2D eigenvalue weighted by molar-refractivity contribution is 5.13. The first-order valence-electron chi connectivity index (χ1n) is 3.79. The fraction of sp³-hybridized carbons (Fsp3) is 0.429. The third kappa shape index (κ3) is 1.75. The van der Waals surface area contributed by atoms with Gasteiger partial charge in [0.15, 0.2) is 5.49 Å². The number of rotatable bonds is 2. The Morgan fingerprint density at radius 3 is 3.17 bits per heavy atom. The number of nitrogen functional groups attached to an aromatic ring is 1. The van der Waals surface area contributed by atoms with Gasteiger partial charge in [-0.25, -0.2) is 4.98 Å². The lowest BCUT2D eigenvalue weighted by atomic mass is 10.5. The molecular weight excluding hydrogens is 156 g/mol. The topological polar surface area (TPSA) is 76.4 Å². The van der Waals surface area contributed by atoms with Crippen molar-refractivity contribution in [3.05, 3.63) is 17.8 Å². The first-order valence-corrected chi connectivity index (χ1v) is 3.79. The lowest BCUT2D eigenvalue weighted by Gasteiger charge is -1.99. The van der Waals surface area contributed by atoms with E-state index in [1.807, 2.05) is 6.92 Å². The largest absolute Gasteiger partial charge is 0.423 e. The number of aromatic nitrogens is 2. The van der Waals surface area contributed by atoms with Crippen molar-refractivity contribution in [3.8, 4) is 0 Å². The van der Waals surface area contributed by atoms with Crippen LogP contribution in [-0.4, -0.2) is 21.5 Å². The van der Waals surface area contributed by atoms with Crippen LogP contribution in [0.2, 0.25) is 0 Å². The average molecular weight is 168 g/mol. The summed E-state index contributed by atoms with van der Waals surface area (Å²) < 4.78 is 0.773. The van der Waals surface area contributed by atoms with Crippen LogP contribution in [0.15, 0.2) is 17.3 Å². The number of nitrogens with zero attached hydrogens (tertiary/aromatic N) is 3. The van der Waals surface area contributed by atoms with Crippen LogP contribution in [0.3, 0.4) is 0 Å². The van der Waals surface area contributed by atoms with Crippen LogP contribution in [0.5, 0.6) is 0 Å². The van der Waals surface area contributed by atoms with Gasteiger partial charge in [0, 0.05) is 18.8 Å². The second-order valence-electron chi connectivity index (χ2n) is 2.35. The molecule has 0 aliphatic carbocycles. The van der Waals surface area contributed by atoms with Crippen LogP contribution in [-0.2, 0) is 0 Å². The standard InChI is InChI=1S/C7H12N4O/c1-2-4-9-6-3-5-10-7(8)11(6)12/h3,5,12H,2,4H2,1H3,(H2,8,10). The van der Waals surface area contributed by atoms with E-state index in [4.69, 9.17) is 5.73 Å². The van der Waals surface area contributed by atoms with Crippen LogP contribution in [0, 0.1) is 0 Å². The summed E-state index contributed by atoms with van der Waals surface area (Å²) in [5, 5.41) is 9.26. The third-order valence-electron chi connectivity index (χ3n) is 1.36. The Balaban J connectivity index is 3.07. The van der Waals surface area contributed by atoms with Crippen molar-refractivity contribution in [3.63, 3.8) is 0 Å². The van der Waals surface area contributed by atoms with E-state index in [1.165, 1.54) is 6.20 Å². The molecule has 0 spiro atoms. The van der Waals surface area contributed by atoms with Gasteiger partial charge in [-0.2, -0.15) is 0 Å².